The van der Waals surface area contributed by atoms with Crippen molar-refractivity contribution in [1.82, 2.24) is 19.9 Å². The molecule has 3 aromatic rings. The van der Waals surface area contributed by atoms with Crippen molar-refractivity contribution in [1.29, 1.82) is 0 Å². The standard InChI is InChI=1S/C12H10BrN5O/c13-9-5-8-10(14)17-12(18-11(8)16-9)19-6-7-1-3-15-4-2-7/h1-5H,6H2,(H3,14,16,17,18). The van der Waals surface area contributed by atoms with Crippen molar-refractivity contribution < 1.29 is 4.74 Å². The van der Waals surface area contributed by atoms with Gasteiger partial charge < -0.3 is 15.5 Å². The third kappa shape index (κ3) is 2.50. The van der Waals surface area contributed by atoms with Crippen LogP contribution in [0, 0.1) is 0 Å². The van der Waals surface area contributed by atoms with E-state index >= 15 is 0 Å². The largest absolute Gasteiger partial charge is 0.458 e. The van der Waals surface area contributed by atoms with E-state index in [1.165, 1.54) is 0 Å². The van der Waals surface area contributed by atoms with Gasteiger partial charge in [0.05, 0.1) is 9.99 Å². The lowest BCUT2D eigenvalue weighted by Gasteiger charge is -2.05. The fourth-order valence-electron chi connectivity index (χ4n) is 1.67. The van der Waals surface area contributed by atoms with E-state index in [1.807, 2.05) is 18.2 Å². The fourth-order valence-corrected chi connectivity index (χ4v) is 2.09. The number of aromatic amines is 1. The topological polar surface area (TPSA) is 89.7 Å². The smallest absolute Gasteiger partial charge is 0.320 e. The highest BCUT2D eigenvalue weighted by Gasteiger charge is 2.09. The van der Waals surface area contributed by atoms with E-state index in [4.69, 9.17) is 10.5 Å². The molecule has 0 atom stereocenters. The van der Waals surface area contributed by atoms with Crippen molar-refractivity contribution in [2.75, 3.05) is 5.73 Å². The van der Waals surface area contributed by atoms with Crippen molar-refractivity contribution in [2.24, 2.45) is 0 Å². The van der Waals surface area contributed by atoms with Crippen LogP contribution >= 0.6 is 15.9 Å². The Morgan fingerprint density at radius 1 is 1.26 bits per heavy atom. The van der Waals surface area contributed by atoms with Gasteiger partial charge in [-0.2, -0.15) is 9.97 Å². The van der Waals surface area contributed by atoms with Crippen molar-refractivity contribution in [3.05, 3.63) is 40.8 Å². The molecule has 0 fully saturated rings. The number of pyridine rings is 1. The van der Waals surface area contributed by atoms with Crippen molar-refractivity contribution in [3.8, 4) is 6.01 Å². The Balaban J connectivity index is 1.85. The Bertz CT molecular complexity index is 713. The predicted octanol–water partition coefficient (Wildman–Crippen LogP) is 2.28. The zero-order valence-electron chi connectivity index (χ0n) is 9.80. The highest BCUT2D eigenvalue weighted by Crippen LogP contribution is 2.24. The highest BCUT2D eigenvalue weighted by molar-refractivity contribution is 9.10. The third-order valence-electron chi connectivity index (χ3n) is 2.58. The highest BCUT2D eigenvalue weighted by atomic mass is 79.9. The molecule has 0 spiro atoms. The molecule has 3 aromatic heterocycles. The van der Waals surface area contributed by atoms with E-state index in [0.717, 1.165) is 15.6 Å². The second-order valence-electron chi connectivity index (χ2n) is 3.92. The lowest BCUT2D eigenvalue weighted by molar-refractivity contribution is 0.282. The van der Waals surface area contributed by atoms with Crippen LogP contribution in [-0.4, -0.2) is 19.9 Å². The van der Waals surface area contributed by atoms with Crippen LogP contribution in [0.2, 0.25) is 0 Å². The molecule has 0 aliphatic carbocycles. The second-order valence-corrected chi connectivity index (χ2v) is 4.77. The second kappa shape index (κ2) is 4.85. The van der Waals surface area contributed by atoms with Crippen LogP contribution in [0.15, 0.2) is 35.2 Å². The molecule has 0 saturated heterocycles. The Kier molecular flexibility index (Phi) is 3.04. The van der Waals surface area contributed by atoms with Gasteiger partial charge in [-0.3, -0.25) is 4.98 Å². The van der Waals surface area contributed by atoms with Gasteiger partial charge in [0.2, 0.25) is 0 Å². The van der Waals surface area contributed by atoms with Gasteiger partial charge in [0, 0.05) is 12.4 Å². The number of hydrogen-bond donors (Lipinski definition) is 2. The summed E-state index contributed by atoms with van der Waals surface area (Å²) >= 11 is 3.33. The summed E-state index contributed by atoms with van der Waals surface area (Å²) in [7, 11) is 0. The van der Waals surface area contributed by atoms with Gasteiger partial charge in [-0.25, -0.2) is 0 Å². The molecule has 0 amide bonds. The zero-order chi connectivity index (χ0) is 13.2. The fraction of sp³-hybridized carbons (Fsp3) is 0.0833. The summed E-state index contributed by atoms with van der Waals surface area (Å²) in [5, 5.41) is 0.767. The first kappa shape index (κ1) is 11.9. The summed E-state index contributed by atoms with van der Waals surface area (Å²) < 4.78 is 6.33. The average molecular weight is 320 g/mol. The van der Waals surface area contributed by atoms with Crippen molar-refractivity contribution >= 4 is 32.8 Å². The van der Waals surface area contributed by atoms with E-state index < -0.39 is 0 Å². The van der Waals surface area contributed by atoms with Gasteiger partial charge >= 0.3 is 6.01 Å². The molecular formula is C12H10BrN5O. The molecule has 0 aliphatic rings. The molecule has 0 aromatic carbocycles. The minimum Gasteiger partial charge on any atom is -0.458 e. The van der Waals surface area contributed by atoms with E-state index in [2.05, 4.69) is 35.9 Å². The maximum atomic E-state index is 5.86. The molecular weight excluding hydrogens is 310 g/mol. The number of anilines is 1. The summed E-state index contributed by atoms with van der Waals surface area (Å²) in [4.78, 5) is 15.3. The first-order valence-corrected chi connectivity index (χ1v) is 6.35. The number of halogens is 1. The number of rotatable bonds is 3. The molecule has 0 unspecified atom stereocenters. The van der Waals surface area contributed by atoms with E-state index in [1.54, 1.807) is 12.4 Å². The SMILES string of the molecule is Nc1nc(OCc2ccncc2)nc2[nH]c(Br)cc12. The molecule has 96 valence electrons. The number of aromatic nitrogens is 4. The number of nitrogens with two attached hydrogens (primary N) is 1. The van der Waals surface area contributed by atoms with Crippen LogP contribution in [0.4, 0.5) is 5.82 Å². The maximum absolute atomic E-state index is 5.86. The van der Waals surface area contributed by atoms with Gasteiger partial charge in [0.25, 0.3) is 0 Å². The van der Waals surface area contributed by atoms with Gasteiger partial charge in [-0.1, -0.05) is 0 Å². The number of fused-ring (bicyclic) bond motifs is 1. The van der Waals surface area contributed by atoms with Crippen molar-refractivity contribution in [2.45, 2.75) is 6.61 Å². The molecule has 0 radical (unpaired) electrons. The summed E-state index contributed by atoms with van der Waals surface area (Å²) in [6.07, 6.45) is 3.42. The van der Waals surface area contributed by atoms with Crippen LogP contribution < -0.4 is 10.5 Å². The molecule has 3 rings (SSSR count). The maximum Gasteiger partial charge on any atom is 0.320 e. The minimum absolute atomic E-state index is 0.246. The molecule has 0 saturated carbocycles. The Labute approximate surface area is 117 Å². The number of nitrogens with zero attached hydrogens (tertiary/aromatic N) is 3. The summed E-state index contributed by atoms with van der Waals surface area (Å²) in [6.45, 7) is 0.370. The number of hydrogen-bond acceptors (Lipinski definition) is 5. The minimum atomic E-state index is 0.246. The summed E-state index contributed by atoms with van der Waals surface area (Å²) in [5.74, 6) is 0.386. The molecule has 19 heavy (non-hydrogen) atoms. The Hall–Kier alpha value is -2.15. The van der Waals surface area contributed by atoms with Gasteiger partial charge in [-0.15, -0.1) is 0 Å². The molecule has 3 N–H and O–H groups in total. The molecule has 7 heteroatoms. The van der Waals surface area contributed by atoms with Crippen LogP contribution in [0.5, 0.6) is 6.01 Å². The van der Waals surface area contributed by atoms with Gasteiger partial charge in [0.15, 0.2) is 0 Å². The number of nitrogens with one attached hydrogen (secondary N) is 1. The normalized spacial score (nSPS) is 10.8. The number of H-pyrrole nitrogens is 1. The van der Waals surface area contributed by atoms with Gasteiger partial charge in [0.1, 0.15) is 18.1 Å². The van der Waals surface area contributed by atoms with Crippen LogP contribution in [0.3, 0.4) is 0 Å². The van der Waals surface area contributed by atoms with Crippen LogP contribution in [0.1, 0.15) is 5.56 Å². The zero-order valence-corrected chi connectivity index (χ0v) is 11.4. The Morgan fingerprint density at radius 2 is 2.05 bits per heavy atom. The molecule has 0 bridgehead atoms. The third-order valence-corrected chi connectivity index (χ3v) is 3.01. The van der Waals surface area contributed by atoms with Gasteiger partial charge in [-0.05, 0) is 39.7 Å². The average Bonchev–Trinajstić information content (AvgIpc) is 2.79. The van der Waals surface area contributed by atoms with Crippen LogP contribution in [-0.2, 0) is 6.61 Å². The number of nitrogen functional groups attached to an aromatic ring is 1. The van der Waals surface area contributed by atoms with E-state index in [9.17, 15) is 0 Å². The molecule has 6 nitrogen and oxygen atoms in total. The molecule has 0 aliphatic heterocycles. The quantitative estimate of drug-likeness (QED) is 0.773. The van der Waals surface area contributed by atoms with Crippen LogP contribution in [0.25, 0.3) is 11.0 Å². The van der Waals surface area contributed by atoms with E-state index in [0.29, 0.717) is 18.1 Å². The van der Waals surface area contributed by atoms with Crippen molar-refractivity contribution in [3.63, 3.8) is 0 Å². The first-order valence-electron chi connectivity index (χ1n) is 5.56. The summed E-state index contributed by atoms with van der Waals surface area (Å²) in [6, 6.07) is 5.81. The monoisotopic (exact) mass is 319 g/mol. The first-order chi connectivity index (χ1) is 9.22. The molecule has 3 heterocycles. The lowest BCUT2D eigenvalue weighted by atomic mass is 10.3. The Morgan fingerprint density at radius 3 is 2.84 bits per heavy atom. The number of ether oxygens (including phenoxy) is 1. The lowest BCUT2D eigenvalue weighted by Crippen LogP contribution is -2.02. The summed E-state index contributed by atoms with van der Waals surface area (Å²) in [5.41, 5.74) is 7.49. The predicted molar refractivity (Wildman–Crippen MR) is 74.6 cm³/mol. The van der Waals surface area contributed by atoms with E-state index in [-0.39, 0.29) is 6.01 Å².